The van der Waals surface area contributed by atoms with Crippen LogP contribution in [0.5, 0.6) is 5.75 Å². The number of aryl methyl sites for hydroxylation is 1. The van der Waals surface area contributed by atoms with Crippen molar-refractivity contribution in [2.45, 2.75) is 13.3 Å². The molecule has 24 heavy (non-hydrogen) atoms. The third kappa shape index (κ3) is 4.54. The number of hydrazine groups is 1. The molecule has 2 aromatic carbocycles. The lowest BCUT2D eigenvalue weighted by Gasteiger charge is -2.07. The Labute approximate surface area is 141 Å². The molecular weight excluding hydrogens is 304 g/mol. The lowest BCUT2D eigenvalue weighted by atomic mass is 10.00. The van der Waals surface area contributed by atoms with Crippen LogP contribution >= 0.6 is 0 Å². The van der Waals surface area contributed by atoms with Gasteiger partial charge in [-0.3, -0.25) is 15.0 Å². The number of carbonyl (C=O) groups is 2. The van der Waals surface area contributed by atoms with Gasteiger partial charge in [-0.2, -0.15) is 0 Å². The van der Waals surface area contributed by atoms with Crippen molar-refractivity contribution in [2.24, 2.45) is 5.84 Å². The number of amides is 1. The topological polar surface area (TPSA) is 81.4 Å². The van der Waals surface area contributed by atoms with Gasteiger partial charge >= 0.3 is 0 Å². The third-order valence-corrected chi connectivity index (χ3v) is 3.60. The average Bonchev–Trinajstić information content (AvgIpc) is 2.61. The molecule has 0 unspecified atom stereocenters. The van der Waals surface area contributed by atoms with Crippen LogP contribution in [0.3, 0.4) is 0 Å². The highest BCUT2D eigenvalue weighted by Crippen LogP contribution is 2.17. The summed E-state index contributed by atoms with van der Waals surface area (Å²) in [5, 5.41) is 0. The minimum absolute atomic E-state index is 0.0296. The summed E-state index contributed by atoms with van der Waals surface area (Å²) in [7, 11) is 1.58. The Balaban J connectivity index is 2.24. The molecule has 0 aliphatic heterocycles. The molecule has 0 saturated carbocycles. The minimum Gasteiger partial charge on any atom is -0.497 e. The normalized spacial score (nSPS) is 11.0. The summed E-state index contributed by atoms with van der Waals surface area (Å²) in [4.78, 5) is 24.4. The van der Waals surface area contributed by atoms with Crippen molar-refractivity contribution in [3.05, 3.63) is 70.8 Å². The molecule has 0 radical (unpaired) electrons. The number of nitrogens with two attached hydrogens (primary N) is 1. The van der Waals surface area contributed by atoms with Crippen molar-refractivity contribution in [3.8, 4) is 5.75 Å². The summed E-state index contributed by atoms with van der Waals surface area (Å²) >= 11 is 0. The number of hydrogen-bond acceptors (Lipinski definition) is 4. The van der Waals surface area contributed by atoms with Crippen LogP contribution < -0.4 is 16.0 Å². The predicted octanol–water partition coefficient (Wildman–Crippen LogP) is 2.65. The van der Waals surface area contributed by atoms with E-state index in [0.29, 0.717) is 16.9 Å². The van der Waals surface area contributed by atoms with E-state index in [1.165, 1.54) is 0 Å². The Kier molecular flexibility index (Phi) is 5.87. The Morgan fingerprint density at radius 3 is 2.25 bits per heavy atom. The van der Waals surface area contributed by atoms with Gasteiger partial charge in [0.25, 0.3) is 5.91 Å². The van der Waals surface area contributed by atoms with E-state index in [1.807, 2.05) is 19.1 Å². The number of nitrogens with one attached hydrogen (secondary N) is 1. The molecule has 3 N–H and O–H groups in total. The van der Waals surface area contributed by atoms with Crippen molar-refractivity contribution in [2.75, 3.05) is 7.11 Å². The number of carbonyl (C=O) groups excluding carboxylic acids is 2. The summed E-state index contributed by atoms with van der Waals surface area (Å²) in [6.45, 7) is 1.95. The largest absolute Gasteiger partial charge is 0.497 e. The van der Waals surface area contributed by atoms with Crippen molar-refractivity contribution >= 4 is 17.8 Å². The fourth-order valence-corrected chi connectivity index (χ4v) is 2.21. The van der Waals surface area contributed by atoms with Gasteiger partial charge in [-0.1, -0.05) is 42.0 Å². The van der Waals surface area contributed by atoms with E-state index in [2.05, 4.69) is 5.43 Å². The highest BCUT2D eigenvalue weighted by atomic mass is 16.5. The molecule has 2 rings (SSSR count). The smallest absolute Gasteiger partial charge is 0.261 e. The first-order chi connectivity index (χ1) is 11.5. The second-order valence-corrected chi connectivity index (χ2v) is 5.38. The van der Waals surface area contributed by atoms with Crippen molar-refractivity contribution in [1.29, 1.82) is 0 Å². The minimum atomic E-state index is -0.480. The molecule has 0 bridgehead atoms. The van der Waals surface area contributed by atoms with Crippen LogP contribution in [0.1, 0.15) is 27.9 Å². The molecule has 124 valence electrons. The maximum atomic E-state index is 12.4. The number of hydrogen-bond donors (Lipinski definition) is 2. The van der Waals surface area contributed by atoms with E-state index in [4.69, 9.17) is 10.6 Å². The van der Waals surface area contributed by atoms with Crippen LogP contribution in [-0.2, 0) is 4.79 Å². The summed E-state index contributed by atoms with van der Waals surface area (Å²) < 4.78 is 5.10. The molecular formula is C19H20N2O3. The van der Waals surface area contributed by atoms with Gasteiger partial charge in [0.15, 0.2) is 5.78 Å². The zero-order chi connectivity index (χ0) is 17.5. The molecule has 0 aromatic heterocycles. The maximum Gasteiger partial charge on any atom is 0.261 e. The van der Waals surface area contributed by atoms with Gasteiger partial charge in [0.1, 0.15) is 5.75 Å². The van der Waals surface area contributed by atoms with Crippen molar-refractivity contribution in [1.82, 2.24) is 5.43 Å². The maximum absolute atomic E-state index is 12.4. The van der Waals surface area contributed by atoms with Gasteiger partial charge in [0, 0.05) is 17.6 Å². The standard InChI is InChI=1S/C19H20N2O3/c1-13-3-7-15(8-4-13)18(22)12-16(19(23)21-20)11-14-5-9-17(24-2)10-6-14/h3-11H,12,20H2,1-2H3,(H,21,23). The average molecular weight is 324 g/mol. The summed E-state index contributed by atoms with van der Waals surface area (Å²) in [5.41, 5.74) is 4.80. The Hall–Kier alpha value is -2.92. The van der Waals surface area contributed by atoms with Gasteiger partial charge in [0.05, 0.1) is 7.11 Å². The van der Waals surface area contributed by atoms with Crippen molar-refractivity contribution < 1.29 is 14.3 Å². The molecule has 0 heterocycles. The fourth-order valence-electron chi connectivity index (χ4n) is 2.21. The predicted molar refractivity (Wildman–Crippen MR) is 93.4 cm³/mol. The van der Waals surface area contributed by atoms with E-state index < -0.39 is 5.91 Å². The van der Waals surface area contributed by atoms with Crippen LogP contribution in [0.4, 0.5) is 0 Å². The third-order valence-electron chi connectivity index (χ3n) is 3.60. The zero-order valence-corrected chi connectivity index (χ0v) is 13.7. The van der Waals surface area contributed by atoms with E-state index in [-0.39, 0.29) is 12.2 Å². The second kappa shape index (κ2) is 8.08. The number of ether oxygens (including phenoxy) is 1. The lowest BCUT2D eigenvalue weighted by molar-refractivity contribution is -0.117. The Morgan fingerprint density at radius 2 is 1.71 bits per heavy atom. The molecule has 0 aliphatic carbocycles. The van der Waals surface area contributed by atoms with E-state index in [9.17, 15) is 9.59 Å². The molecule has 5 heteroatoms. The van der Waals surface area contributed by atoms with Crippen LogP contribution in [0.15, 0.2) is 54.1 Å². The van der Waals surface area contributed by atoms with Gasteiger partial charge < -0.3 is 4.74 Å². The quantitative estimate of drug-likeness (QED) is 0.281. The number of rotatable bonds is 6. The zero-order valence-electron chi connectivity index (χ0n) is 13.7. The van der Waals surface area contributed by atoms with Crippen molar-refractivity contribution in [3.63, 3.8) is 0 Å². The molecule has 0 fully saturated rings. The summed E-state index contributed by atoms with van der Waals surface area (Å²) in [6.07, 6.45) is 1.62. The number of ketones is 1. The van der Waals surface area contributed by atoms with Crippen LogP contribution in [0.2, 0.25) is 0 Å². The molecule has 0 atom stereocenters. The molecule has 0 spiro atoms. The van der Waals surface area contributed by atoms with E-state index >= 15 is 0 Å². The van der Waals surface area contributed by atoms with E-state index in [0.717, 1.165) is 11.1 Å². The number of methoxy groups -OCH3 is 1. The fraction of sp³-hybridized carbons (Fsp3) is 0.158. The van der Waals surface area contributed by atoms with Gasteiger partial charge in [0.2, 0.25) is 0 Å². The highest BCUT2D eigenvalue weighted by Gasteiger charge is 2.15. The first-order valence-electron chi connectivity index (χ1n) is 7.49. The van der Waals surface area contributed by atoms with Gasteiger partial charge in [-0.15, -0.1) is 0 Å². The van der Waals surface area contributed by atoms with Crippen LogP contribution in [-0.4, -0.2) is 18.8 Å². The summed E-state index contributed by atoms with van der Waals surface area (Å²) in [6, 6.07) is 14.4. The highest BCUT2D eigenvalue weighted by molar-refractivity contribution is 6.07. The monoisotopic (exact) mass is 324 g/mol. The first-order valence-corrected chi connectivity index (χ1v) is 7.49. The number of benzene rings is 2. The Morgan fingerprint density at radius 1 is 1.08 bits per heavy atom. The second-order valence-electron chi connectivity index (χ2n) is 5.38. The molecule has 1 amide bonds. The van der Waals surface area contributed by atoms with Gasteiger partial charge in [-0.25, -0.2) is 5.84 Å². The molecule has 2 aromatic rings. The van der Waals surface area contributed by atoms with Crippen LogP contribution in [0.25, 0.3) is 6.08 Å². The first kappa shape index (κ1) is 17.4. The van der Waals surface area contributed by atoms with Gasteiger partial charge in [-0.05, 0) is 30.7 Å². The van der Waals surface area contributed by atoms with Crippen LogP contribution in [0, 0.1) is 6.92 Å². The molecule has 0 saturated heterocycles. The number of Topliss-reactive ketones (excluding diaryl/α,β-unsaturated/α-hetero) is 1. The van der Waals surface area contributed by atoms with E-state index in [1.54, 1.807) is 49.6 Å². The lowest BCUT2D eigenvalue weighted by Crippen LogP contribution is -2.32. The molecule has 0 aliphatic rings. The summed E-state index contributed by atoms with van der Waals surface area (Å²) in [5.74, 6) is 5.33. The Bertz CT molecular complexity index is 747. The molecule has 5 nitrogen and oxygen atoms in total. The SMILES string of the molecule is COc1ccc(C=C(CC(=O)c2ccc(C)cc2)C(=O)NN)cc1.